The molecule has 1 aromatic heterocycles. The highest BCUT2D eigenvalue weighted by Crippen LogP contribution is 2.45. The molecule has 1 spiro atoms. The van der Waals surface area contributed by atoms with Crippen molar-refractivity contribution in [3.05, 3.63) is 18.2 Å². The number of hydrogen-bond donors (Lipinski definition) is 0. The summed E-state index contributed by atoms with van der Waals surface area (Å²) in [5.74, 6) is 0.903. The van der Waals surface area contributed by atoms with Crippen molar-refractivity contribution in [3.63, 3.8) is 0 Å². The number of aromatic nitrogens is 2. The summed E-state index contributed by atoms with van der Waals surface area (Å²) in [5, 5.41) is 0. The molecule has 0 aliphatic carbocycles. The van der Waals surface area contributed by atoms with E-state index in [0.717, 1.165) is 15.2 Å². The second-order valence-electron chi connectivity index (χ2n) is 5.63. The number of thioether (sulfide) groups is 1. The van der Waals surface area contributed by atoms with E-state index in [4.69, 9.17) is 0 Å². The van der Waals surface area contributed by atoms with E-state index in [2.05, 4.69) is 4.98 Å². The predicted octanol–water partition coefficient (Wildman–Crippen LogP) is 1.83. The number of carbonyl (C=O) groups excluding carboxylic acids is 2. The number of carbonyl (C=O) groups is 2. The zero-order chi connectivity index (χ0) is 16.0. The van der Waals surface area contributed by atoms with Gasteiger partial charge in [0.2, 0.25) is 11.8 Å². The molecule has 2 aliphatic rings. The molecule has 0 aromatic carbocycles. The highest BCUT2D eigenvalue weighted by molar-refractivity contribution is 7.99. The normalized spacial score (nSPS) is 25.7. The van der Waals surface area contributed by atoms with Crippen LogP contribution >= 0.6 is 11.8 Å². The van der Waals surface area contributed by atoms with Crippen molar-refractivity contribution < 1.29 is 22.8 Å². The van der Waals surface area contributed by atoms with Crippen LogP contribution in [0.1, 0.15) is 18.7 Å². The maximum atomic E-state index is 12.5. The fourth-order valence-corrected chi connectivity index (χ4v) is 4.35. The van der Waals surface area contributed by atoms with Gasteiger partial charge in [0.25, 0.3) is 0 Å². The lowest BCUT2D eigenvalue weighted by Gasteiger charge is -2.20. The highest BCUT2D eigenvalue weighted by Gasteiger charge is 2.53. The molecule has 0 bridgehead atoms. The number of alkyl halides is 3. The molecule has 0 saturated carbocycles. The lowest BCUT2D eigenvalue weighted by Crippen LogP contribution is -2.36. The van der Waals surface area contributed by atoms with Crippen molar-refractivity contribution in [1.29, 1.82) is 0 Å². The Hall–Kier alpha value is -1.51. The molecule has 22 heavy (non-hydrogen) atoms. The molecule has 120 valence electrons. The fraction of sp³-hybridized carbons (Fsp3) is 0.615. The lowest BCUT2D eigenvalue weighted by atomic mass is 9.86. The first kappa shape index (κ1) is 15.4. The Labute approximate surface area is 128 Å². The zero-order valence-electron chi connectivity index (χ0n) is 11.6. The minimum absolute atomic E-state index is 0.0710. The summed E-state index contributed by atoms with van der Waals surface area (Å²) in [4.78, 5) is 29.5. The Morgan fingerprint density at radius 3 is 2.77 bits per heavy atom. The number of rotatable bonds is 3. The second kappa shape index (κ2) is 5.29. The smallest absolute Gasteiger partial charge is 0.324 e. The third-order valence-electron chi connectivity index (χ3n) is 4.04. The minimum atomic E-state index is -4.38. The van der Waals surface area contributed by atoms with Crippen molar-refractivity contribution in [2.45, 2.75) is 32.1 Å². The topological polar surface area (TPSA) is 55.2 Å². The molecule has 9 heteroatoms. The van der Waals surface area contributed by atoms with Crippen LogP contribution in [0.3, 0.4) is 0 Å². The molecule has 2 aliphatic heterocycles. The molecular weight excluding hydrogens is 319 g/mol. The Morgan fingerprint density at radius 1 is 1.36 bits per heavy atom. The summed E-state index contributed by atoms with van der Waals surface area (Å²) >= 11 is 1.63. The Kier molecular flexibility index (Phi) is 3.70. The summed E-state index contributed by atoms with van der Waals surface area (Å²) in [6.07, 6.45) is -1.13. The summed E-state index contributed by atoms with van der Waals surface area (Å²) < 4.78 is 38.4. The van der Waals surface area contributed by atoms with Crippen molar-refractivity contribution in [2.24, 2.45) is 5.41 Å². The van der Waals surface area contributed by atoms with Crippen molar-refractivity contribution in [1.82, 2.24) is 14.5 Å². The van der Waals surface area contributed by atoms with E-state index >= 15 is 0 Å². The summed E-state index contributed by atoms with van der Waals surface area (Å²) in [6.45, 7) is -1.38. The Bertz CT molecular complexity index is 608. The molecular formula is C13H14F3N3O2S. The van der Waals surface area contributed by atoms with Gasteiger partial charge in [0, 0.05) is 24.6 Å². The maximum absolute atomic E-state index is 12.5. The van der Waals surface area contributed by atoms with Crippen molar-refractivity contribution >= 4 is 23.6 Å². The number of halogens is 3. The third kappa shape index (κ3) is 2.73. The van der Waals surface area contributed by atoms with Gasteiger partial charge in [-0.05, 0) is 12.2 Å². The molecule has 2 fully saturated rings. The molecule has 2 saturated heterocycles. The van der Waals surface area contributed by atoms with E-state index in [1.165, 1.54) is 12.4 Å². The van der Waals surface area contributed by atoms with Gasteiger partial charge in [0.15, 0.2) is 0 Å². The second-order valence-corrected chi connectivity index (χ2v) is 6.74. The van der Waals surface area contributed by atoms with Crippen LogP contribution in [0.2, 0.25) is 0 Å². The number of hydrogen-bond acceptors (Lipinski definition) is 4. The van der Waals surface area contributed by atoms with Crippen LogP contribution in [-0.4, -0.2) is 43.9 Å². The standard InChI is InChI=1S/C13H14F3N3O2S/c14-13(15,16)7-18-3-2-17-9(18)6-19-10(20)5-12(11(19)21)1-4-22-8-12/h2-3H,1,4-8H2. The van der Waals surface area contributed by atoms with E-state index in [1.54, 1.807) is 11.8 Å². The molecule has 0 N–H and O–H groups in total. The van der Waals surface area contributed by atoms with E-state index < -0.39 is 18.1 Å². The first-order valence-corrected chi connectivity index (χ1v) is 7.96. The first-order chi connectivity index (χ1) is 10.3. The Morgan fingerprint density at radius 2 is 2.14 bits per heavy atom. The fourth-order valence-electron chi connectivity index (χ4n) is 2.91. The number of imidazole rings is 1. The molecule has 5 nitrogen and oxygen atoms in total. The van der Waals surface area contributed by atoms with Crippen LogP contribution < -0.4 is 0 Å². The van der Waals surface area contributed by atoms with Gasteiger partial charge in [-0.2, -0.15) is 24.9 Å². The van der Waals surface area contributed by atoms with Crippen LogP contribution in [0.15, 0.2) is 12.4 Å². The number of imide groups is 1. The molecule has 2 amide bonds. The summed E-state index contributed by atoms with van der Waals surface area (Å²) in [5.41, 5.74) is -0.650. The van der Waals surface area contributed by atoms with Crippen LogP contribution in [0.4, 0.5) is 13.2 Å². The van der Waals surface area contributed by atoms with E-state index in [1.807, 2.05) is 0 Å². The predicted molar refractivity (Wildman–Crippen MR) is 72.8 cm³/mol. The maximum Gasteiger partial charge on any atom is 0.406 e. The Balaban J connectivity index is 1.78. The van der Waals surface area contributed by atoms with Crippen LogP contribution in [0.25, 0.3) is 0 Å². The van der Waals surface area contributed by atoms with Crippen LogP contribution in [0.5, 0.6) is 0 Å². The summed E-state index contributed by atoms with van der Waals surface area (Å²) in [7, 11) is 0. The van der Waals surface area contributed by atoms with E-state index in [9.17, 15) is 22.8 Å². The highest BCUT2D eigenvalue weighted by atomic mass is 32.2. The third-order valence-corrected chi connectivity index (χ3v) is 5.29. The number of amides is 2. The molecule has 1 aromatic rings. The van der Waals surface area contributed by atoms with Crippen LogP contribution in [-0.2, 0) is 22.7 Å². The number of likely N-dealkylation sites (tertiary alicyclic amines) is 1. The van der Waals surface area contributed by atoms with E-state index in [-0.39, 0.29) is 30.6 Å². The molecule has 1 atom stereocenters. The minimum Gasteiger partial charge on any atom is -0.324 e. The molecule has 1 unspecified atom stereocenters. The largest absolute Gasteiger partial charge is 0.406 e. The van der Waals surface area contributed by atoms with Gasteiger partial charge in [-0.15, -0.1) is 0 Å². The SMILES string of the molecule is O=C1CC2(CCSC2)C(=O)N1Cc1nccn1CC(F)(F)F. The number of nitrogens with zero attached hydrogens (tertiary/aromatic N) is 3. The van der Waals surface area contributed by atoms with E-state index in [0.29, 0.717) is 12.2 Å². The van der Waals surface area contributed by atoms with Gasteiger partial charge in [0.1, 0.15) is 12.4 Å². The molecule has 3 heterocycles. The van der Waals surface area contributed by atoms with Gasteiger partial charge in [-0.1, -0.05) is 0 Å². The van der Waals surface area contributed by atoms with Gasteiger partial charge >= 0.3 is 6.18 Å². The quantitative estimate of drug-likeness (QED) is 0.792. The van der Waals surface area contributed by atoms with Gasteiger partial charge in [0.05, 0.1) is 12.0 Å². The first-order valence-electron chi connectivity index (χ1n) is 6.80. The monoisotopic (exact) mass is 333 g/mol. The average Bonchev–Trinajstić information content (AvgIpc) is 3.08. The zero-order valence-corrected chi connectivity index (χ0v) is 12.4. The molecule has 3 rings (SSSR count). The van der Waals surface area contributed by atoms with Gasteiger partial charge in [-0.25, -0.2) is 4.98 Å². The van der Waals surface area contributed by atoms with Crippen molar-refractivity contribution in [2.75, 3.05) is 11.5 Å². The lowest BCUT2D eigenvalue weighted by molar-refractivity contribution is -0.142. The van der Waals surface area contributed by atoms with Gasteiger partial charge in [-0.3, -0.25) is 14.5 Å². The van der Waals surface area contributed by atoms with Gasteiger partial charge < -0.3 is 4.57 Å². The summed E-state index contributed by atoms with van der Waals surface area (Å²) in [6, 6.07) is 0. The average molecular weight is 333 g/mol. The van der Waals surface area contributed by atoms with Crippen LogP contribution in [0, 0.1) is 5.41 Å². The molecule has 0 radical (unpaired) electrons. The van der Waals surface area contributed by atoms with Crippen molar-refractivity contribution in [3.8, 4) is 0 Å².